The molecule has 21 heavy (non-hydrogen) atoms. The lowest BCUT2D eigenvalue weighted by atomic mass is 10.1. The number of nitrogens with two attached hydrogens (primary N) is 1. The van der Waals surface area contributed by atoms with Crippen LogP contribution in [0.2, 0.25) is 0 Å². The summed E-state index contributed by atoms with van der Waals surface area (Å²) in [5, 5.41) is 11.0. The van der Waals surface area contributed by atoms with Gasteiger partial charge in [0.15, 0.2) is 0 Å². The van der Waals surface area contributed by atoms with Gasteiger partial charge >= 0.3 is 5.97 Å². The van der Waals surface area contributed by atoms with Crippen molar-refractivity contribution in [3.05, 3.63) is 59.2 Å². The number of carboxylic acids is 1. The number of anilines is 2. The molecule has 0 unspecified atom stereocenters. The van der Waals surface area contributed by atoms with E-state index in [1.54, 1.807) is 0 Å². The molecular formula is C14H10F2N2O3. The van der Waals surface area contributed by atoms with Gasteiger partial charge in [-0.15, -0.1) is 0 Å². The zero-order valence-electron chi connectivity index (χ0n) is 10.6. The number of aromatic carboxylic acids is 1. The Kier molecular flexibility index (Phi) is 3.84. The van der Waals surface area contributed by atoms with Crippen LogP contribution >= 0.6 is 0 Å². The van der Waals surface area contributed by atoms with Crippen LogP contribution in [-0.4, -0.2) is 17.0 Å². The third-order valence-electron chi connectivity index (χ3n) is 2.72. The van der Waals surface area contributed by atoms with Crippen molar-refractivity contribution >= 4 is 23.3 Å². The van der Waals surface area contributed by atoms with E-state index in [9.17, 15) is 18.4 Å². The maximum atomic E-state index is 13.5. The molecule has 1 amide bonds. The van der Waals surface area contributed by atoms with Crippen LogP contribution in [0.25, 0.3) is 0 Å². The van der Waals surface area contributed by atoms with Gasteiger partial charge in [-0.1, -0.05) is 0 Å². The van der Waals surface area contributed by atoms with E-state index >= 15 is 0 Å². The number of carbonyl (C=O) groups is 2. The fraction of sp³-hybridized carbons (Fsp3) is 0. The number of nitrogen functional groups attached to an aromatic ring is 1. The first-order valence-electron chi connectivity index (χ1n) is 5.77. The second-order valence-corrected chi connectivity index (χ2v) is 4.19. The third-order valence-corrected chi connectivity index (χ3v) is 2.72. The Hall–Kier alpha value is -2.96. The predicted octanol–water partition coefficient (Wildman–Crippen LogP) is 2.50. The third kappa shape index (κ3) is 3.14. The summed E-state index contributed by atoms with van der Waals surface area (Å²) >= 11 is 0. The number of amides is 1. The van der Waals surface area contributed by atoms with Gasteiger partial charge in [0.2, 0.25) is 0 Å². The first kappa shape index (κ1) is 14.4. The van der Waals surface area contributed by atoms with Crippen molar-refractivity contribution in [1.29, 1.82) is 0 Å². The molecule has 0 aliphatic rings. The number of hydrogen-bond donors (Lipinski definition) is 3. The second kappa shape index (κ2) is 5.58. The Bertz CT molecular complexity index is 732. The summed E-state index contributed by atoms with van der Waals surface area (Å²) in [6.45, 7) is 0. The van der Waals surface area contributed by atoms with Crippen LogP contribution in [-0.2, 0) is 0 Å². The molecule has 0 atom stereocenters. The van der Waals surface area contributed by atoms with E-state index in [1.165, 1.54) is 12.1 Å². The number of carbonyl (C=O) groups excluding carboxylic acids is 1. The average molecular weight is 292 g/mol. The van der Waals surface area contributed by atoms with Crippen molar-refractivity contribution in [3.8, 4) is 0 Å². The molecule has 7 heteroatoms. The Morgan fingerprint density at radius 2 is 1.76 bits per heavy atom. The number of nitrogens with one attached hydrogen (secondary N) is 1. The molecule has 0 aromatic heterocycles. The van der Waals surface area contributed by atoms with E-state index in [4.69, 9.17) is 10.8 Å². The zero-order valence-corrected chi connectivity index (χ0v) is 10.6. The van der Waals surface area contributed by atoms with Gasteiger partial charge < -0.3 is 16.2 Å². The summed E-state index contributed by atoms with van der Waals surface area (Å²) in [5.41, 5.74) is 5.04. The molecule has 2 rings (SSSR count). The first-order chi connectivity index (χ1) is 9.88. The summed E-state index contributed by atoms with van der Waals surface area (Å²) < 4.78 is 26.6. The molecule has 0 bridgehead atoms. The summed E-state index contributed by atoms with van der Waals surface area (Å²) in [5.74, 6) is -3.77. The van der Waals surface area contributed by atoms with Gasteiger partial charge in [0.05, 0.1) is 11.1 Å². The lowest BCUT2D eigenvalue weighted by molar-refractivity contribution is 0.0692. The van der Waals surface area contributed by atoms with Crippen molar-refractivity contribution in [1.82, 2.24) is 0 Å². The van der Waals surface area contributed by atoms with E-state index in [-0.39, 0.29) is 16.9 Å². The summed E-state index contributed by atoms with van der Waals surface area (Å²) in [7, 11) is 0. The summed E-state index contributed by atoms with van der Waals surface area (Å²) in [6, 6.07) is 6.39. The van der Waals surface area contributed by atoms with Crippen molar-refractivity contribution in [2.75, 3.05) is 11.1 Å². The first-order valence-corrected chi connectivity index (χ1v) is 5.77. The minimum Gasteiger partial charge on any atom is -0.478 e. The Morgan fingerprint density at radius 1 is 1.05 bits per heavy atom. The van der Waals surface area contributed by atoms with Crippen LogP contribution in [0.15, 0.2) is 36.4 Å². The van der Waals surface area contributed by atoms with E-state index in [1.807, 2.05) is 0 Å². The average Bonchev–Trinajstić information content (AvgIpc) is 2.41. The maximum absolute atomic E-state index is 13.5. The molecule has 5 nitrogen and oxygen atoms in total. The number of carboxylic acid groups (broad SMARTS) is 1. The van der Waals surface area contributed by atoms with Gasteiger partial charge in [0, 0.05) is 11.4 Å². The largest absolute Gasteiger partial charge is 0.478 e. The van der Waals surface area contributed by atoms with Crippen LogP contribution in [0.5, 0.6) is 0 Å². The number of rotatable bonds is 3. The molecule has 4 N–H and O–H groups in total. The van der Waals surface area contributed by atoms with Gasteiger partial charge in [0.25, 0.3) is 5.91 Å². The molecule has 2 aromatic rings. The number of benzene rings is 2. The van der Waals surface area contributed by atoms with Gasteiger partial charge in [-0.3, -0.25) is 4.79 Å². The molecule has 0 radical (unpaired) electrons. The van der Waals surface area contributed by atoms with Gasteiger partial charge in [-0.05, 0) is 36.4 Å². The monoisotopic (exact) mass is 292 g/mol. The molecule has 0 heterocycles. The summed E-state index contributed by atoms with van der Waals surface area (Å²) in [4.78, 5) is 22.6. The highest BCUT2D eigenvalue weighted by Crippen LogP contribution is 2.18. The molecule has 0 saturated carbocycles. The fourth-order valence-corrected chi connectivity index (χ4v) is 1.69. The highest BCUT2D eigenvalue weighted by Gasteiger charge is 2.14. The smallest absolute Gasteiger partial charge is 0.338 e. The van der Waals surface area contributed by atoms with E-state index in [0.717, 1.165) is 24.3 Å². The SMILES string of the molecule is Nc1ccc(F)cc1C(=O)Nc1ccc(C(=O)O)c(F)c1. The summed E-state index contributed by atoms with van der Waals surface area (Å²) in [6.07, 6.45) is 0. The minimum atomic E-state index is -1.42. The lowest BCUT2D eigenvalue weighted by Gasteiger charge is -2.08. The maximum Gasteiger partial charge on any atom is 0.338 e. The van der Waals surface area contributed by atoms with Crippen LogP contribution in [0, 0.1) is 11.6 Å². The van der Waals surface area contributed by atoms with Crippen LogP contribution in [0.1, 0.15) is 20.7 Å². The number of hydrogen-bond acceptors (Lipinski definition) is 3. The quantitative estimate of drug-likeness (QED) is 0.758. The van der Waals surface area contributed by atoms with Gasteiger partial charge in [0.1, 0.15) is 11.6 Å². The van der Waals surface area contributed by atoms with Crippen molar-refractivity contribution < 1.29 is 23.5 Å². The van der Waals surface area contributed by atoms with E-state index in [2.05, 4.69) is 5.32 Å². The molecule has 0 fully saturated rings. The topological polar surface area (TPSA) is 92.4 Å². The van der Waals surface area contributed by atoms with Crippen LogP contribution < -0.4 is 11.1 Å². The molecule has 0 aliphatic heterocycles. The van der Waals surface area contributed by atoms with Crippen molar-refractivity contribution in [3.63, 3.8) is 0 Å². The standard InChI is InChI=1S/C14H10F2N2O3/c15-7-1-4-12(17)10(5-7)13(19)18-8-2-3-9(14(20)21)11(16)6-8/h1-6H,17H2,(H,18,19)(H,20,21). The Balaban J connectivity index is 2.26. The molecule has 108 valence electrons. The van der Waals surface area contributed by atoms with Gasteiger partial charge in [-0.2, -0.15) is 0 Å². The van der Waals surface area contributed by atoms with Crippen molar-refractivity contribution in [2.24, 2.45) is 0 Å². The van der Waals surface area contributed by atoms with Crippen LogP contribution in [0.4, 0.5) is 20.2 Å². The normalized spacial score (nSPS) is 10.2. The Labute approximate surface area is 118 Å². The lowest BCUT2D eigenvalue weighted by Crippen LogP contribution is -2.15. The highest BCUT2D eigenvalue weighted by atomic mass is 19.1. The van der Waals surface area contributed by atoms with Gasteiger partial charge in [-0.25, -0.2) is 13.6 Å². The second-order valence-electron chi connectivity index (χ2n) is 4.19. The Morgan fingerprint density at radius 3 is 2.38 bits per heavy atom. The van der Waals surface area contributed by atoms with Crippen molar-refractivity contribution in [2.45, 2.75) is 0 Å². The molecule has 2 aromatic carbocycles. The molecule has 0 saturated heterocycles. The zero-order chi connectivity index (χ0) is 15.6. The van der Waals surface area contributed by atoms with Crippen LogP contribution in [0.3, 0.4) is 0 Å². The molecule has 0 spiro atoms. The fourth-order valence-electron chi connectivity index (χ4n) is 1.69. The number of halogens is 2. The highest BCUT2D eigenvalue weighted by molar-refractivity contribution is 6.07. The predicted molar refractivity (Wildman–Crippen MR) is 72.1 cm³/mol. The van der Waals surface area contributed by atoms with E-state index < -0.39 is 29.1 Å². The molecule has 0 aliphatic carbocycles. The molecular weight excluding hydrogens is 282 g/mol. The minimum absolute atomic E-state index is 0.0335. The van der Waals surface area contributed by atoms with E-state index in [0.29, 0.717) is 0 Å².